The van der Waals surface area contributed by atoms with Crippen molar-refractivity contribution in [2.45, 2.75) is 39.7 Å². The van der Waals surface area contributed by atoms with Gasteiger partial charge >= 0.3 is 0 Å². The highest BCUT2D eigenvalue weighted by Gasteiger charge is 2.21. The quantitative estimate of drug-likeness (QED) is 0.197. The molecule has 1 N–H and O–H groups in total. The van der Waals surface area contributed by atoms with E-state index in [1.807, 2.05) is 47.9 Å². The number of fused-ring (bicyclic) bond motifs is 1. The van der Waals surface area contributed by atoms with E-state index in [1.54, 1.807) is 7.11 Å². The second-order valence-corrected chi connectivity index (χ2v) is 9.32. The lowest BCUT2D eigenvalue weighted by molar-refractivity contribution is 0.309. The molecule has 0 radical (unpaired) electrons. The number of benzene rings is 3. The molecule has 0 atom stereocenters. The molecule has 4 nitrogen and oxygen atoms in total. The molecule has 196 valence electrons. The van der Waals surface area contributed by atoms with E-state index in [-0.39, 0.29) is 12.5 Å². The molecule has 0 saturated heterocycles. The zero-order valence-electron chi connectivity index (χ0n) is 21.9. The number of ether oxygens (including phenoxy) is 2. The van der Waals surface area contributed by atoms with Gasteiger partial charge in [0.15, 0.2) is 5.82 Å². The molecule has 0 amide bonds. The Morgan fingerprint density at radius 1 is 0.919 bits per heavy atom. The molecule has 0 aliphatic rings. The van der Waals surface area contributed by atoms with Gasteiger partial charge in [0.05, 0.1) is 24.9 Å². The molecule has 3 aromatic carbocycles. The van der Waals surface area contributed by atoms with Gasteiger partial charge in [-0.25, -0.2) is 8.78 Å². The molecule has 37 heavy (non-hydrogen) atoms. The lowest BCUT2D eigenvalue weighted by Crippen LogP contribution is -2.19. The molecule has 4 aromatic rings. The maximum atomic E-state index is 16.1. The lowest BCUT2D eigenvalue weighted by Gasteiger charge is -2.14. The third-order valence-corrected chi connectivity index (χ3v) is 6.65. The molecule has 0 aliphatic carbocycles. The van der Waals surface area contributed by atoms with Crippen molar-refractivity contribution < 1.29 is 18.3 Å². The van der Waals surface area contributed by atoms with Gasteiger partial charge in [-0.2, -0.15) is 0 Å². The average Bonchev–Trinajstić information content (AvgIpc) is 3.18. The number of aromatic nitrogens is 1. The number of aryl methyl sites for hydroxylation is 1. The van der Waals surface area contributed by atoms with Gasteiger partial charge in [-0.3, -0.25) is 0 Å². The smallest absolute Gasteiger partial charge is 0.156 e. The second-order valence-electron chi connectivity index (χ2n) is 9.32. The predicted molar refractivity (Wildman–Crippen MR) is 147 cm³/mol. The molecule has 0 aliphatic heterocycles. The van der Waals surface area contributed by atoms with Gasteiger partial charge in [-0.1, -0.05) is 37.6 Å². The topological polar surface area (TPSA) is 35.4 Å². The lowest BCUT2D eigenvalue weighted by atomic mass is 10.0. The molecule has 0 bridgehead atoms. The van der Waals surface area contributed by atoms with Gasteiger partial charge in [-0.05, 0) is 79.4 Å². The number of methoxy groups -OCH3 is 1. The minimum absolute atomic E-state index is 0.250. The highest BCUT2D eigenvalue weighted by molar-refractivity contribution is 5.90. The van der Waals surface area contributed by atoms with E-state index in [2.05, 4.69) is 36.5 Å². The minimum atomic E-state index is -0.358. The maximum Gasteiger partial charge on any atom is 0.156 e. The second kappa shape index (κ2) is 12.7. The highest BCUT2D eigenvalue weighted by Crippen LogP contribution is 2.37. The number of nitrogens with one attached hydrogen (secondary N) is 1. The van der Waals surface area contributed by atoms with Crippen LogP contribution in [0.2, 0.25) is 0 Å². The van der Waals surface area contributed by atoms with E-state index in [1.165, 1.54) is 5.56 Å². The van der Waals surface area contributed by atoms with Crippen molar-refractivity contribution >= 4 is 10.9 Å². The summed E-state index contributed by atoms with van der Waals surface area (Å²) in [5, 5.41) is 3.63. The van der Waals surface area contributed by atoms with Crippen LogP contribution in [0.4, 0.5) is 8.78 Å². The number of nitrogens with zero attached hydrogens (tertiary/aromatic N) is 1. The van der Waals surface area contributed by atoms with Crippen LogP contribution in [0.5, 0.6) is 11.5 Å². The number of hydrogen-bond donors (Lipinski definition) is 1. The number of unbranched alkanes of at least 4 members (excludes halogenated alkanes) is 1. The van der Waals surface area contributed by atoms with Crippen molar-refractivity contribution in [3.8, 4) is 22.8 Å². The molecule has 1 heterocycles. The number of alkyl halides is 1. The Balaban J connectivity index is 1.71. The summed E-state index contributed by atoms with van der Waals surface area (Å²) in [6.45, 7) is 5.99. The van der Waals surface area contributed by atoms with Crippen molar-refractivity contribution in [2.24, 2.45) is 0 Å². The van der Waals surface area contributed by atoms with Gasteiger partial charge in [0.1, 0.15) is 18.2 Å². The van der Waals surface area contributed by atoms with Crippen LogP contribution in [0.1, 0.15) is 36.5 Å². The van der Waals surface area contributed by atoms with E-state index < -0.39 is 0 Å². The summed E-state index contributed by atoms with van der Waals surface area (Å²) >= 11 is 0. The molecule has 0 saturated carbocycles. The fraction of sp³-hybridized carbons (Fsp3) is 0.355. The van der Waals surface area contributed by atoms with E-state index >= 15 is 4.39 Å². The third kappa shape index (κ3) is 6.31. The first kappa shape index (κ1) is 26.7. The van der Waals surface area contributed by atoms with Gasteiger partial charge in [0.25, 0.3) is 0 Å². The van der Waals surface area contributed by atoms with Gasteiger partial charge in [0.2, 0.25) is 0 Å². The van der Waals surface area contributed by atoms with Crippen LogP contribution >= 0.6 is 0 Å². The van der Waals surface area contributed by atoms with Crippen LogP contribution in [0.15, 0.2) is 60.7 Å². The Kier molecular flexibility index (Phi) is 9.18. The largest absolute Gasteiger partial charge is 0.497 e. The Hall–Kier alpha value is -3.38. The first-order chi connectivity index (χ1) is 18.0. The van der Waals surface area contributed by atoms with Crippen molar-refractivity contribution in [3.05, 3.63) is 83.2 Å². The summed E-state index contributed by atoms with van der Waals surface area (Å²) < 4.78 is 41.7. The highest BCUT2D eigenvalue weighted by atomic mass is 19.1. The Morgan fingerprint density at radius 2 is 1.68 bits per heavy atom. The molecule has 0 fully saturated rings. The normalized spacial score (nSPS) is 11.3. The van der Waals surface area contributed by atoms with E-state index in [4.69, 9.17) is 9.47 Å². The van der Waals surface area contributed by atoms with Crippen LogP contribution in [-0.2, 0) is 13.0 Å². The summed E-state index contributed by atoms with van der Waals surface area (Å²) in [6.07, 6.45) is 2.83. The van der Waals surface area contributed by atoms with Crippen LogP contribution in [-0.4, -0.2) is 38.0 Å². The predicted octanol–water partition coefficient (Wildman–Crippen LogP) is 7.09. The number of halogens is 2. The zero-order chi connectivity index (χ0) is 26.2. The SMILES string of the molecule is CCCCOc1ccc2c(c1)c(F)c(-c1ccc(OC)cc1C)n2Cc1ccc(CCNCCF)cc1. The summed E-state index contributed by atoms with van der Waals surface area (Å²) in [6, 6.07) is 19.8. The molecule has 0 unspecified atom stereocenters. The summed E-state index contributed by atoms with van der Waals surface area (Å²) in [4.78, 5) is 0. The molecule has 1 aromatic heterocycles. The molecule has 0 spiro atoms. The van der Waals surface area contributed by atoms with Crippen molar-refractivity contribution in [1.29, 1.82) is 0 Å². The molecule has 6 heteroatoms. The number of rotatable bonds is 13. The first-order valence-electron chi connectivity index (χ1n) is 13.0. The third-order valence-electron chi connectivity index (χ3n) is 6.65. The van der Waals surface area contributed by atoms with Crippen molar-refractivity contribution in [2.75, 3.05) is 33.5 Å². The molecule has 4 rings (SSSR count). The maximum absolute atomic E-state index is 16.1. The molecular formula is C31H36F2N2O2. The fourth-order valence-corrected chi connectivity index (χ4v) is 4.59. The summed E-state index contributed by atoms with van der Waals surface area (Å²) in [5.74, 6) is 1.17. The minimum Gasteiger partial charge on any atom is -0.497 e. The number of hydrogen-bond acceptors (Lipinski definition) is 3. The van der Waals surface area contributed by atoms with Gasteiger partial charge in [0, 0.05) is 24.0 Å². The first-order valence-corrected chi connectivity index (χ1v) is 13.0. The van der Waals surface area contributed by atoms with Crippen LogP contribution in [0, 0.1) is 12.7 Å². The van der Waals surface area contributed by atoms with Crippen LogP contribution < -0.4 is 14.8 Å². The van der Waals surface area contributed by atoms with E-state index in [0.717, 1.165) is 53.8 Å². The van der Waals surface area contributed by atoms with Gasteiger partial charge < -0.3 is 19.4 Å². The Morgan fingerprint density at radius 3 is 2.38 bits per heavy atom. The standard InChI is InChI=1S/C31H36F2N2O2/c1-4-5-18-37-26-11-13-29-28(20-26)30(33)31(27-12-10-25(36-3)19-22(27)2)35(29)21-24-8-6-23(7-9-24)14-16-34-17-15-32/h6-13,19-20,34H,4-5,14-18,21H2,1-3H3. The van der Waals surface area contributed by atoms with E-state index in [0.29, 0.717) is 36.5 Å². The summed E-state index contributed by atoms with van der Waals surface area (Å²) in [5.41, 5.74) is 5.41. The van der Waals surface area contributed by atoms with Crippen molar-refractivity contribution in [3.63, 3.8) is 0 Å². The fourth-order valence-electron chi connectivity index (χ4n) is 4.59. The Bertz CT molecular complexity index is 1320. The summed E-state index contributed by atoms with van der Waals surface area (Å²) in [7, 11) is 1.63. The zero-order valence-corrected chi connectivity index (χ0v) is 21.9. The van der Waals surface area contributed by atoms with E-state index in [9.17, 15) is 4.39 Å². The van der Waals surface area contributed by atoms with Crippen LogP contribution in [0.3, 0.4) is 0 Å². The molecular weight excluding hydrogens is 470 g/mol. The van der Waals surface area contributed by atoms with Crippen LogP contribution in [0.25, 0.3) is 22.2 Å². The van der Waals surface area contributed by atoms with Gasteiger partial charge in [-0.15, -0.1) is 0 Å². The average molecular weight is 507 g/mol. The monoisotopic (exact) mass is 506 g/mol. The Labute approximate surface area is 218 Å². The van der Waals surface area contributed by atoms with Crippen molar-refractivity contribution in [1.82, 2.24) is 9.88 Å².